The summed E-state index contributed by atoms with van der Waals surface area (Å²) in [6, 6.07) is 4.62. The number of amides is 2. The van der Waals surface area contributed by atoms with Crippen LogP contribution in [0.4, 0.5) is 18.0 Å². The highest BCUT2D eigenvalue weighted by Crippen LogP contribution is 2.32. The quantitative estimate of drug-likeness (QED) is 0.718. The van der Waals surface area contributed by atoms with Gasteiger partial charge >= 0.3 is 18.2 Å². The van der Waals surface area contributed by atoms with Crippen molar-refractivity contribution in [3.63, 3.8) is 0 Å². The molecule has 3 N–H and O–H groups in total. The molecule has 8 heteroatoms. The third-order valence-corrected chi connectivity index (χ3v) is 5.07. The summed E-state index contributed by atoms with van der Waals surface area (Å²) in [6.07, 6.45) is -2.17. The molecule has 150 valence electrons. The second kappa shape index (κ2) is 8.19. The molecule has 0 bridgehead atoms. The zero-order chi connectivity index (χ0) is 20.2. The normalized spacial score (nSPS) is 20.8. The number of carboxylic acids is 1. The lowest BCUT2D eigenvalue weighted by Gasteiger charge is -2.29. The lowest BCUT2D eigenvalue weighted by molar-refractivity contribution is -0.143. The van der Waals surface area contributed by atoms with Gasteiger partial charge < -0.3 is 15.7 Å². The van der Waals surface area contributed by atoms with E-state index < -0.39 is 29.2 Å². The summed E-state index contributed by atoms with van der Waals surface area (Å²) in [7, 11) is 0. The van der Waals surface area contributed by atoms with Gasteiger partial charge in [0.05, 0.1) is 11.5 Å². The van der Waals surface area contributed by atoms with Crippen LogP contribution in [0.5, 0.6) is 0 Å². The van der Waals surface area contributed by atoms with Crippen molar-refractivity contribution in [1.29, 1.82) is 0 Å². The molecule has 1 aromatic rings. The van der Waals surface area contributed by atoms with Crippen LogP contribution in [0.2, 0.25) is 0 Å². The van der Waals surface area contributed by atoms with Gasteiger partial charge in [0.1, 0.15) is 0 Å². The van der Waals surface area contributed by atoms with Crippen LogP contribution >= 0.6 is 0 Å². The predicted octanol–water partition coefficient (Wildman–Crippen LogP) is 3.93. The molecule has 1 saturated carbocycles. The summed E-state index contributed by atoms with van der Waals surface area (Å²) in [5, 5.41) is 14.5. The maximum atomic E-state index is 12.9. The number of urea groups is 1. The minimum atomic E-state index is -4.41. The van der Waals surface area contributed by atoms with Crippen LogP contribution in [0.15, 0.2) is 24.3 Å². The van der Waals surface area contributed by atoms with Gasteiger partial charge in [0.2, 0.25) is 0 Å². The average molecular weight is 386 g/mol. The van der Waals surface area contributed by atoms with Crippen molar-refractivity contribution in [2.45, 2.75) is 57.2 Å². The number of carbonyl (C=O) groups excluding carboxylic acids is 1. The first kappa shape index (κ1) is 21.1. The molecule has 1 aliphatic rings. The van der Waals surface area contributed by atoms with Gasteiger partial charge in [-0.3, -0.25) is 4.79 Å². The first-order valence-electron chi connectivity index (χ1n) is 8.94. The average Bonchev–Trinajstić information content (AvgIpc) is 2.60. The van der Waals surface area contributed by atoms with Crippen molar-refractivity contribution in [1.82, 2.24) is 10.6 Å². The van der Waals surface area contributed by atoms with Crippen molar-refractivity contribution in [3.8, 4) is 0 Å². The smallest absolute Gasteiger partial charge is 0.416 e. The Labute approximate surface area is 156 Å². The van der Waals surface area contributed by atoms with Gasteiger partial charge in [-0.25, -0.2) is 4.79 Å². The second-order valence-electron chi connectivity index (χ2n) is 7.68. The van der Waals surface area contributed by atoms with Crippen molar-refractivity contribution < 1.29 is 27.9 Å². The van der Waals surface area contributed by atoms with Crippen LogP contribution in [-0.2, 0) is 16.4 Å². The number of hydrogen-bond acceptors (Lipinski definition) is 2. The molecular formula is C19H25F3N2O3. The molecule has 0 spiro atoms. The lowest BCUT2D eigenvalue weighted by Crippen LogP contribution is -2.47. The molecule has 0 aromatic heterocycles. The molecule has 0 aliphatic heterocycles. The summed E-state index contributed by atoms with van der Waals surface area (Å²) in [4.78, 5) is 23.1. The van der Waals surface area contributed by atoms with E-state index in [1.165, 1.54) is 6.07 Å². The fourth-order valence-corrected chi connectivity index (χ4v) is 3.24. The van der Waals surface area contributed by atoms with Crippen LogP contribution in [0.25, 0.3) is 0 Å². The summed E-state index contributed by atoms with van der Waals surface area (Å²) in [5.41, 5.74) is -0.910. The maximum absolute atomic E-state index is 12.9. The fourth-order valence-electron chi connectivity index (χ4n) is 3.24. The monoisotopic (exact) mass is 386 g/mol. The molecule has 1 fully saturated rings. The highest BCUT2D eigenvalue weighted by atomic mass is 19.4. The number of aliphatic carboxylic acids is 1. The Balaban J connectivity index is 1.88. The third-order valence-electron chi connectivity index (χ3n) is 5.07. The van der Waals surface area contributed by atoms with Crippen molar-refractivity contribution in [3.05, 3.63) is 35.4 Å². The van der Waals surface area contributed by atoms with E-state index in [1.807, 2.05) is 0 Å². The van der Waals surface area contributed by atoms with Crippen molar-refractivity contribution in [2.75, 3.05) is 6.54 Å². The topological polar surface area (TPSA) is 78.4 Å². The van der Waals surface area contributed by atoms with Gasteiger partial charge in [0.25, 0.3) is 0 Å². The number of halogens is 3. The number of alkyl halides is 3. The van der Waals surface area contributed by atoms with Crippen molar-refractivity contribution in [2.24, 2.45) is 5.92 Å². The minimum Gasteiger partial charge on any atom is -0.481 e. The van der Waals surface area contributed by atoms with E-state index in [1.54, 1.807) is 19.9 Å². The van der Waals surface area contributed by atoms with Gasteiger partial charge in [-0.15, -0.1) is 0 Å². The number of benzene rings is 1. The zero-order valence-corrected chi connectivity index (χ0v) is 15.4. The molecular weight excluding hydrogens is 361 g/mol. The fraction of sp³-hybridized carbons (Fsp3) is 0.579. The highest BCUT2D eigenvalue weighted by molar-refractivity contribution is 5.74. The van der Waals surface area contributed by atoms with E-state index in [9.17, 15) is 22.8 Å². The van der Waals surface area contributed by atoms with E-state index in [0.717, 1.165) is 12.1 Å². The van der Waals surface area contributed by atoms with Crippen LogP contribution < -0.4 is 10.6 Å². The Kier molecular flexibility index (Phi) is 6.38. The number of hydrogen-bond donors (Lipinski definition) is 3. The first-order chi connectivity index (χ1) is 12.5. The lowest BCUT2D eigenvalue weighted by atomic mass is 9.83. The van der Waals surface area contributed by atoms with Gasteiger partial charge in [-0.1, -0.05) is 32.0 Å². The van der Waals surface area contributed by atoms with E-state index in [4.69, 9.17) is 5.11 Å². The Morgan fingerprint density at radius 1 is 1.11 bits per heavy atom. The van der Waals surface area contributed by atoms with E-state index in [2.05, 4.69) is 10.6 Å². The number of carboxylic acid groups (broad SMARTS) is 1. The maximum Gasteiger partial charge on any atom is 0.416 e. The molecule has 0 atom stereocenters. The Hall–Kier alpha value is -2.25. The molecule has 0 unspecified atom stereocenters. The summed E-state index contributed by atoms with van der Waals surface area (Å²) >= 11 is 0. The van der Waals surface area contributed by atoms with Gasteiger partial charge in [-0.2, -0.15) is 13.2 Å². The van der Waals surface area contributed by atoms with Crippen LogP contribution in [-0.4, -0.2) is 29.7 Å². The first-order valence-corrected chi connectivity index (χ1v) is 8.94. The number of carbonyl (C=O) groups is 2. The standard InChI is InChI=1S/C19H25F3N2O3/c1-18(2,13-4-3-5-14(10-13)19(20,21)22)11-23-17(27)24-15-8-6-12(7-9-15)16(25)26/h3-5,10,12,15H,6-9,11H2,1-2H3,(H,25,26)(H2,23,24,27). The highest BCUT2D eigenvalue weighted by Gasteiger charge is 2.32. The van der Waals surface area contributed by atoms with Crippen molar-refractivity contribution >= 4 is 12.0 Å². The predicted molar refractivity (Wildman–Crippen MR) is 94.4 cm³/mol. The Morgan fingerprint density at radius 2 is 1.70 bits per heavy atom. The molecule has 0 heterocycles. The molecule has 1 aromatic carbocycles. The van der Waals surface area contributed by atoms with Crippen LogP contribution in [0.3, 0.4) is 0 Å². The van der Waals surface area contributed by atoms with Crippen LogP contribution in [0, 0.1) is 5.92 Å². The van der Waals surface area contributed by atoms with E-state index in [0.29, 0.717) is 31.2 Å². The largest absolute Gasteiger partial charge is 0.481 e. The van der Waals surface area contributed by atoms with Gasteiger partial charge in [-0.05, 0) is 37.3 Å². The summed E-state index contributed by atoms with van der Waals surface area (Å²) in [5.74, 6) is -1.16. The Morgan fingerprint density at radius 3 is 2.26 bits per heavy atom. The molecule has 0 saturated heterocycles. The molecule has 2 amide bonds. The van der Waals surface area contributed by atoms with Gasteiger partial charge in [0.15, 0.2) is 0 Å². The number of rotatable bonds is 5. The van der Waals surface area contributed by atoms with E-state index in [-0.39, 0.29) is 18.5 Å². The zero-order valence-electron chi connectivity index (χ0n) is 15.4. The summed E-state index contributed by atoms with van der Waals surface area (Å²) in [6.45, 7) is 3.70. The second-order valence-corrected chi connectivity index (χ2v) is 7.68. The summed E-state index contributed by atoms with van der Waals surface area (Å²) < 4.78 is 38.7. The minimum absolute atomic E-state index is 0.0859. The molecule has 1 aliphatic carbocycles. The molecule has 5 nitrogen and oxygen atoms in total. The molecule has 0 radical (unpaired) electrons. The van der Waals surface area contributed by atoms with E-state index >= 15 is 0 Å². The molecule has 2 rings (SSSR count). The van der Waals surface area contributed by atoms with Crippen LogP contribution in [0.1, 0.15) is 50.7 Å². The third kappa shape index (κ3) is 5.87. The number of nitrogens with one attached hydrogen (secondary N) is 2. The SMILES string of the molecule is CC(C)(CNC(=O)NC1CCC(C(=O)O)CC1)c1cccc(C(F)(F)F)c1. The van der Waals surface area contributed by atoms with Gasteiger partial charge in [0, 0.05) is 18.0 Å². The molecule has 27 heavy (non-hydrogen) atoms. The Bertz CT molecular complexity index is 681.